The molecule has 0 saturated heterocycles. The lowest BCUT2D eigenvalue weighted by Crippen LogP contribution is -2.58. The molecule has 1 aromatic carbocycles. The van der Waals surface area contributed by atoms with Crippen LogP contribution in [-0.2, 0) is 4.79 Å². The van der Waals surface area contributed by atoms with E-state index in [9.17, 15) is 9.90 Å². The molecule has 2 atom stereocenters. The molecule has 0 fully saturated rings. The number of carbonyl (C=O) groups is 1. The number of anilines is 1. The average molecular weight is 310 g/mol. The van der Waals surface area contributed by atoms with Crippen molar-refractivity contribution in [3.8, 4) is 0 Å². The molecule has 3 nitrogen and oxygen atoms in total. The number of benzene rings is 1. The van der Waals surface area contributed by atoms with Crippen LogP contribution in [0.3, 0.4) is 0 Å². The number of carboxylic acids is 1. The maximum absolute atomic E-state index is 11.8. The molecule has 0 amide bonds. The van der Waals surface area contributed by atoms with Gasteiger partial charge in [-0.2, -0.15) is 0 Å². The van der Waals surface area contributed by atoms with Crippen molar-refractivity contribution in [1.82, 2.24) is 0 Å². The zero-order valence-corrected chi connectivity index (χ0v) is 14.1. The van der Waals surface area contributed by atoms with Crippen LogP contribution in [0.5, 0.6) is 0 Å². The summed E-state index contributed by atoms with van der Waals surface area (Å²) in [5, 5.41) is 10.4. The van der Waals surface area contributed by atoms with Crippen LogP contribution in [0.15, 0.2) is 18.2 Å². The number of aliphatic carboxylic acids is 1. The summed E-state index contributed by atoms with van der Waals surface area (Å²) in [5.41, 5.74) is 1.95. The normalized spacial score (nSPS) is 22.0. The molecule has 1 N–H and O–H groups in total. The summed E-state index contributed by atoms with van der Waals surface area (Å²) >= 11 is 6.13. The van der Waals surface area contributed by atoms with E-state index in [4.69, 9.17) is 11.6 Å². The second kappa shape index (κ2) is 5.53. The van der Waals surface area contributed by atoms with Crippen molar-refractivity contribution in [2.24, 2.45) is 5.92 Å². The summed E-state index contributed by atoms with van der Waals surface area (Å²) in [6.07, 6.45) is 0.914. The van der Waals surface area contributed by atoms with Crippen molar-refractivity contribution in [1.29, 1.82) is 0 Å². The summed E-state index contributed by atoms with van der Waals surface area (Å²) in [4.78, 5) is 13.9. The van der Waals surface area contributed by atoms with Crippen molar-refractivity contribution < 1.29 is 9.90 Å². The number of rotatable bonds is 3. The van der Waals surface area contributed by atoms with Crippen LogP contribution in [-0.4, -0.2) is 22.7 Å². The van der Waals surface area contributed by atoms with Crippen molar-refractivity contribution in [3.63, 3.8) is 0 Å². The van der Waals surface area contributed by atoms with Gasteiger partial charge in [0.25, 0.3) is 0 Å². The molecule has 0 aliphatic carbocycles. The molecule has 0 saturated carbocycles. The van der Waals surface area contributed by atoms with E-state index >= 15 is 0 Å². The molecule has 4 heteroatoms. The first-order chi connectivity index (χ1) is 9.65. The molecular formula is C17H24ClNO2. The molecular weight excluding hydrogens is 286 g/mol. The van der Waals surface area contributed by atoms with Crippen LogP contribution < -0.4 is 4.90 Å². The Hall–Kier alpha value is -1.22. The molecule has 1 aliphatic heterocycles. The highest BCUT2D eigenvalue weighted by Crippen LogP contribution is 2.46. The quantitative estimate of drug-likeness (QED) is 0.891. The van der Waals surface area contributed by atoms with E-state index in [1.807, 2.05) is 32.0 Å². The third-order valence-corrected chi connectivity index (χ3v) is 4.64. The Morgan fingerprint density at radius 2 is 2.05 bits per heavy atom. The average Bonchev–Trinajstić information content (AvgIpc) is 2.33. The zero-order chi connectivity index (χ0) is 15.9. The van der Waals surface area contributed by atoms with Gasteiger partial charge in [-0.15, -0.1) is 0 Å². The highest BCUT2D eigenvalue weighted by atomic mass is 35.5. The monoisotopic (exact) mass is 309 g/mol. The second-order valence-corrected chi connectivity index (χ2v) is 7.45. The lowest BCUT2D eigenvalue weighted by atomic mass is 9.78. The van der Waals surface area contributed by atoms with Crippen LogP contribution in [0.2, 0.25) is 5.02 Å². The van der Waals surface area contributed by atoms with Crippen LogP contribution in [0.1, 0.15) is 52.5 Å². The molecule has 21 heavy (non-hydrogen) atoms. The Kier molecular flexibility index (Phi) is 4.25. The molecule has 0 aromatic heterocycles. The predicted octanol–water partition coefficient (Wildman–Crippen LogP) is 4.54. The largest absolute Gasteiger partial charge is 0.480 e. The van der Waals surface area contributed by atoms with Gasteiger partial charge in [-0.1, -0.05) is 32.4 Å². The van der Waals surface area contributed by atoms with Gasteiger partial charge in [-0.3, -0.25) is 0 Å². The van der Waals surface area contributed by atoms with Crippen molar-refractivity contribution in [2.45, 2.75) is 58.5 Å². The predicted molar refractivity (Wildman–Crippen MR) is 87.3 cm³/mol. The molecule has 1 aliphatic rings. The maximum atomic E-state index is 11.8. The first kappa shape index (κ1) is 16.2. The molecule has 116 valence electrons. The number of carboxylic acid groups (broad SMARTS) is 1. The minimum atomic E-state index is -0.770. The molecule has 0 bridgehead atoms. The highest BCUT2D eigenvalue weighted by Gasteiger charge is 2.43. The van der Waals surface area contributed by atoms with E-state index in [0.29, 0.717) is 10.9 Å². The van der Waals surface area contributed by atoms with Gasteiger partial charge in [0.15, 0.2) is 0 Å². The molecule has 0 radical (unpaired) electrons. The lowest BCUT2D eigenvalue weighted by molar-refractivity contribution is -0.140. The molecule has 2 rings (SSSR count). The van der Waals surface area contributed by atoms with E-state index in [-0.39, 0.29) is 11.5 Å². The SMILES string of the molecule is CC(C)[C@H](C(=O)O)N1c2ccc(Cl)cc2[C@H](C)CC1(C)C. The number of fused-ring (bicyclic) bond motifs is 1. The lowest BCUT2D eigenvalue weighted by Gasteiger charge is -2.51. The van der Waals surface area contributed by atoms with Crippen LogP contribution >= 0.6 is 11.6 Å². The van der Waals surface area contributed by atoms with Crippen molar-refractivity contribution in [3.05, 3.63) is 28.8 Å². The summed E-state index contributed by atoms with van der Waals surface area (Å²) in [6.45, 7) is 10.4. The Morgan fingerprint density at radius 1 is 1.43 bits per heavy atom. The molecule has 0 unspecified atom stereocenters. The van der Waals surface area contributed by atoms with Gasteiger partial charge < -0.3 is 10.0 Å². The first-order valence-corrected chi connectivity index (χ1v) is 7.84. The number of nitrogens with zero attached hydrogens (tertiary/aromatic N) is 1. The van der Waals surface area contributed by atoms with Gasteiger partial charge in [-0.25, -0.2) is 4.79 Å². The topological polar surface area (TPSA) is 40.5 Å². The first-order valence-electron chi connectivity index (χ1n) is 7.46. The summed E-state index contributed by atoms with van der Waals surface area (Å²) in [6, 6.07) is 5.25. The standard InChI is InChI=1S/C17H24ClNO2/c1-10(2)15(16(20)21)19-14-7-6-12(18)8-13(14)11(3)9-17(19,4)5/h6-8,10-11,15H,9H2,1-5H3,(H,20,21)/t11-,15-/m1/s1. The van der Waals surface area contributed by atoms with E-state index in [0.717, 1.165) is 17.7 Å². The fourth-order valence-electron chi connectivity index (χ4n) is 3.64. The van der Waals surface area contributed by atoms with Crippen LogP contribution in [0.4, 0.5) is 5.69 Å². The number of hydrogen-bond acceptors (Lipinski definition) is 2. The van der Waals surface area contributed by atoms with Gasteiger partial charge >= 0.3 is 5.97 Å². The Labute approximate surface area is 131 Å². The summed E-state index contributed by atoms with van der Waals surface area (Å²) in [7, 11) is 0. The molecule has 1 heterocycles. The highest BCUT2D eigenvalue weighted by molar-refractivity contribution is 6.30. The fourth-order valence-corrected chi connectivity index (χ4v) is 3.82. The Morgan fingerprint density at radius 3 is 2.57 bits per heavy atom. The summed E-state index contributed by atoms with van der Waals surface area (Å²) in [5.74, 6) is -0.376. The third kappa shape index (κ3) is 2.89. The minimum Gasteiger partial charge on any atom is -0.480 e. The van der Waals surface area contributed by atoms with Crippen molar-refractivity contribution in [2.75, 3.05) is 4.90 Å². The summed E-state index contributed by atoms with van der Waals surface area (Å²) < 4.78 is 0. The van der Waals surface area contributed by atoms with Gasteiger partial charge in [0.2, 0.25) is 0 Å². The number of halogens is 1. The van der Waals surface area contributed by atoms with Gasteiger partial charge in [0.05, 0.1) is 0 Å². The van der Waals surface area contributed by atoms with Crippen LogP contribution in [0.25, 0.3) is 0 Å². The minimum absolute atomic E-state index is 0.0266. The van der Waals surface area contributed by atoms with Gasteiger partial charge in [0.1, 0.15) is 6.04 Å². The maximum Gasteiger partial charge on any atom is 0.326 e. The van der Waals surface area contributed by atoms with E-state index in [1.54, 1.807) is 0 Å². The molecule has 1 aromatic rings. The van der Waals surface area contributed by atoms with Gasteiger partial charge in [-0.05, 0) is 55.9 Å². The Bertz CT molecular complexity index is 554. The van der Waals surface area contributed by atoms with Gasteiger partial charge in [0, 0.05) is 16.2 Å². The zero-order valence-electron chi connectivity index (χ0n) is 13.4. The Balaban J connectivity index is 2.62. The molecule has 0 spiro atoms. The van der Waals surface area contributed by atoms with Crippen molar-refractivity contribution >= 4 is 23.3 Å². The second-order valence-electron chi connectivity index (χ2n) is 7.02. The van der Waals surface area contributed by atoms with E-state index in [1.165, 1.54) is 0 Å². The smallest absolute Gasteiger partial charge is 0.326 e. The van der Waals surface area contributed by atoms with E-state index in [2.05, 4.69) is 25.7 Å². The fraction of sp³-hybridized carbons (Fsp3) is 0.588. The third-order valence-electron chi connectivity index (χ3n) is 4.40. The van der Waals surface area contributed by atoms with E-state index < -0.39 is 12.0 Å². The number of hydrogen-bond donors (Lipinski definition) is 1. The van der Waals surface area contributed by atoms with Crippen LogP contribution in [0, 0.1) is 5.92 Å².